The number of para-hydroxylation sites is 1. The van der Waals surface area contributed by atoms with Gasteiger partial charge in [-0.3, -0.25) is 0 Å². The molecule has 152 valence electrons. The largest absolute Gasteiger partial charge is 0.457 e. The second-order valence-electron chi connectivity index (χ2n) is 7.54. The van der Waals surface area contributed by atoms with Gasteiger partial charge < -0.3 is 4.74 Å². The van der Waals surface area contributed by atoms with Crippen LogP contribution in [0.25, 0.3) is 17.2 Å². The molecule has 0 unspecified atom stereocenters. The first-order chi connectivity index (χ1) is 15.3. The van der Waals surface area contributed by atoms with Gasteiger partial charge in [0.2, 0.25) is 0 Å². The predicted molar refractivity (Wildman–Crippen MR) is 122 cm³/mol. The highest BCUT2D eigenvalue weighted by atomic mass is 16.5. The highest BCUT2D eigenvalue weighted by Crippen LogP contribution is 2.43. The number of ether oxygens (including phenoxy) is 1. The number of hydrogen-bond donors (Lipinski definition) is 1. The average molecular weight is 406 g/mol. The van der Waals surface area contributed by atoms with Crippen LogP contribution in [0.2, 0.25) is 0 Å². The SMILES string of the molecule is CC1=C(CCc2nnn[nH]2)c2ccccc2/C1=C/c1ccc(Oc2ccccc2)cc1. The fourth-order valence-electron chi connectivity index (χ4n) is 4.01. The summed E-state index contributed by atoms with van der Waals surface area (Å²) in [5.41, 5.74) is 7.63. The Morgan fingerprint density at radius 1 is 0.806 bits per heavy atom. The summed E-state index contributed by atoms with van der Waals surface area (Å²) in [4.78, 5) is 0. The number of aryl methyl sites for hydroxylation is 1. The maximum Gasteiger partial charge on any atom is 0.148 e. The molecule has 0 fully saturated rings. The van der Waals surface area contributed by atoms with Gasteiger partial charge in [-0.25, -0.2) is 5.10 Å². The molecule has 4 aromatic rings. The minimum atomic E-state index is 0.785. The van der Waals surface area contributed by atoms with Gasteiger partial charge in [0.25, 0.3) is 0 Å². The Morgan fingerprint density at radius 3 is 2.26 bits per heavy atom. The third kappa shape index (κ3) is 4.03. The quantitative estimate of drug-likeness (QED) is 0.430. The number of fused-ring (bicyclic) bond motifs is 1. The number of H-pyrrole nitrogens is 1. The van der Waals surface area contributed by atoms with Crippen LogP contribution in [0.4, 0.5) is 0 Å². The van der Waals surface area contributed by atoms with Gasteiger partial charge in [-0.15, -0.1) is 5.10 Å². The van der Waals surface area contributed by atoms with E-state index in [-0.39, 0.29) is 0 Å². The Labute approximate surface area is 181 Å². The predicted octanol–water partition coefficient (Wildman–Crippen LogP) is 5.95. The van der Waals surface area contributed by atoms with Crippen molar-refractivity contribution in [1.82, 2.24) is 20.6 Å². The van der Waals surface area contributed by atoms with Gasteiger partial charge in [0.15, 0.2) is 0 Å². The van der Waals surface area contributed by atoms with Crippen molar-refractivity contribution in [1.29, 1.82) is 0 Å². The number of aromatic amines is 1. The number of nitrogens with zero attached hydrogens (tertiary/aromatic N) is 3. The van der Waals surface area contributed by atoms with Crippen molar-refractivity contribution in [3.8, 4) is 11.5 Å². The van der Waals surface area contributed by atoms with Gasteiger partial charge in [-0.1, -0.05) is 54.6 Å². The summed E-state index contributed by atoms with van der Waals surface area (Å²) in [6, 6.07) is 26.6. The molecule has 5 nitrogen and oxygen atoms in total. The first-order valence-corrected chi connectivity index (χ1v) is 10.3. The number of nitrogens with one attached hydrogen (secondary N) is 1. The summed E-state index contributed by atoms with van der Waals surface area (Å²) in [7, 11) is 0. The summed E-state index contributed by atoms with van der Waals surface area (Å²) in [6.45, 7) is 2.20. The Kier molecular flexibility index (Phi) is 5.15. The van der Waals surface area contributed by atoms with Crippen LogP contribution in [-0.2, 0) is 6.42 Å². The molecular weight excluding hydrogens is 384 g/mol. The zero-order valence-electron chi connectivity index (χ0n) is 17.2. The lowest BCUT2D eigenvalue weighted by Crippen LogP contribution is -1.92. The molecule has 3 aromatic carbocycles. The lowest BCUT2D eigenvalue weighted by atomic mass is 10.0. The number of tetrazole rings is 1. The van der Waals surface area contributed by atoms with Crippen molar-refractivity contribution in [3.63, 3.8) is 0 Å². The maximum absolute atomic E-state index is 5.92. The molecule has 31 heavy (non-hydrogen) atoms. The molecule has 5 rings (SSSR count). The average Bonchev–Trinajstić information content (AvgIpc) is 3.41. The van der Waals surface area contributed by atoms with Crippen molar-refractivity contribution in [2.75, 3.05) is 0 Å². The van der Waals surface area contributed by atoms with Gasteiger partial charge in [-0.05, 0) is 87.5 Å². The van der Waals surface area contributed by atoms with Gasteiger partial charge in [0.05, 0.1) is 0 Å². The standard InChI is InChI=1S/C26H22N4O/c1-18-22(15-16-26-27-29-30-28-26)23-9-5-6-10-24(23)25(18)17-19-11-13-21(14-12-19)31-20-7-3-2-4-8-20/h2-14,17H,15-16H2,1H3,(H,27,28,29,30)/b25-17+. The molecule has 0 saturated carbocycles. The Hall–Kier alpha value is -3.99. The second kappa shape index (κ2) is 8.40. The number of hydrogen-bond acceptors (Lipinski definition) is 4. The van der Waals surface area contributed by atoms with Crippen LogP contribution in [0.15, 0.2) is 84.4 Å². The van der Waals surface area contributed by atoms with E-state index in [1.165, 1.54) is 27.8 Å². The summed E-state index contributed by atoms with van der Waals surface area (Å²) in [6.07, 6.45) is 3.93. The normalized spacial score (nSPS) is 14.2. The van der Waals surface area contributed by atoms with E-state index >= 15 is 0 Å². The van der Waals surface area contributed by atoms with Gasteiger partial charge >= 0.3 is 0 Å². The van der Waals surface area contributed by atoms with E-state index in [1.54, 1.807) is 0 Å². The van der Waals surface area contributed by atoms with E-state index in [9.17, 15) is 0 Å². The molecule has 0 saturated heterocycles. The number of rotatable bonds is 6. The lowest BCUT2D eigenvalue weighted by molar-refractivity contribution is 0.482. The van der Waals surface area contributed by atoms with Crippen LogP contribution in [0, 0.1) is 0 Å². The fraction of sp³-hybridized carbons (Fsp3) is 0.115. The first kappa shape index (κ1) is 19.0. The minimum absolute atomic E-state index is 0.785. The molecule has 0 aliphatic heterocycles. The molecule has 1 aromatic heterocycles. The van der Waals surface area contributed by atoms with Crippen molar-refractivity contribution in [3.05, 3.63) is 107 Å². The van der Waals surface area contributed by atoms with Crippen LogP contribution < -0.4 is 4.74 Å². The Morgan fingerprint density at radius 2 is 1.52 bits per heavy atom. The summed E-state index contributed by atoms with van der Waals surface area (Å²) >= 11 is 0. The van der Waals surface area contributed by atoms with Crippen LogP contribution >= 0.6 is 0 Å². The number of benzene rings is 3. The first-order valence-electron chi connectivity index (χ1n) is 10.3. The molecule has 1 N–H and O–H groups in total. The third-order valence-electron chi connectivity index (χ3n) is 5.57. The fourth-order valence-corrected chi connectivity index (χ4v) is 4.01. The smallest absolute Gasteiger partial charge is 0.148 e. The highest BCUT2D eigenvalue weighted by Gasteiger charge is 2.23. The van der Waals surface area contributed by atoms with Crippen molar-refractivity contribution >= 4 is 17.2 Å². The van der Waals surface area contributed by atoms with Gasteiger partial charge in [0.1, 0.15) is 17.3 Å². The van der Waals surface area contributed by atoms with Crippen molar-refractivity contribution < 1.29 is 4.74 Å². The van der Waals surface area contributed by atoms with E-state index in [0.29, 0.717) is 0 Å². The van der Waals surface area contributed by atoms with E-state index < -0.39 is 0 Å². The summed E-state index contributed by atoms with van der Waals surface area (Å²) < 4.78 is 5.92. The number of allylic oxidation sites excluding steroid dienone is 3. The Bertz CT molecular complexity index is 1240. The van der Waals surface area contributed by atoms with Crippen LogP contribution in [0.3, 0.4) is 0 Å². The third-order valence-corrected chi connectivity index (χ3v) is 5.57. The van der Waals surface area contributed by atoms with Crippen molar-refractivity contribution in [2.45, 2.75) is 19.8 Å². The molecule has 5 heteroatoms. The summed E-state index contributed by atoms with van der Waals surface area (Å²) in [5, 5.41) is 14.2. The van der Waals surface area contributed by atoms with Crippen LogP contribution in [-0.4, -0.2) is 20.6 Å². The molecule has 0 radical (unpaired) electrons. The molecule has 0 atom stereocenters. The zero-order valence-corrected chi connectivity index (χ0v) is 17.2. The van der Waals surface area contributed by atoms with Crippen LogP contribution in [0.5, 0.6) is 11.5 Å². The molecule has 0 spiro atoms. The van der Waals surface area contributed by atoms with Crippen LogP contribution in [0.1, 0.15) is 35.9 Å². The van der Waals surface area contributed by atoms with Gasteiger partial charge in [-0.2, -0.15) is 0 Å². The minimum Gasteiger partial charge on any atom is -0.457 e. The van der Waals surface area contributed by atoms with Gasteiger partial charge in [0, 0.05) is 6.42 Å². The van der Waals surface area contributed by atoms with E-state index in [0.717, 1.165) is 35.7 Å². The monoisotopic (exact) mass is 406 g/mol. The van der Waals surface area contributed by atoms with E-state index in [4.69, 9.17) is 4.74 Å². The lowest BCUT2D eigenvalue weighted by Gasteiger charge is -2.07. The molecule has 1 heterocycles. The maximum atomic E-state index is 5.92. The Balaban J connectivity index is 1.41. The molecular formula is C26H22N4O. The molecule has 1 aliphatic rings. The van der Waals surface area contributed by atoms with E-state index in [1.807, 2.05) is 42.5 Å². The highest BCUT2D eigenvalue weighted by molar-refractivity contribution is 6.05. The topological polar surface area (TPSA) is 63.7 Å². The van der Waals surface area contributed by atoms with Crippen molar-refractivity contribution in [2.24, 2.45) is 0 Å². The molecule has 0 bridgehead atoms. The summed E-state index contributed by atoms with van der Waals surface area (Å²) in [5.74, 6) is 2.47. The molecule has 1 aliphatic carbocycles. The molecule has 0 amide bonds. The zero-order chi connectivity index (χ0) is 21.0. The second-order valence-corrected chi connectivity index (χ2v) is 7.54. The van der Waals surface area contributed by atoms with E-state index in [2.05, 4.69) is 70.0 Å². The number of aromatic nitrogens is 4.